The summed E-state index contributed by atoms with van der Waals surface area (Å²) >= 11 is 5.45. The van der Waals surface area contributed by atoms with Crippen molar-refractivity contribution in [3.63, 3.8) is 0 Å². The largest absolute Gasteiger partial charge is 0.573 e. The van der Waals surface area contributed by atoms with E-state index in [1.807, 2.05) is 0 Å². The number of hydrogen-bond donors (Lipinski definition) is 0. The van der Waals surface area contributed by atoms with E-state index in [4.69, 9.17) is 11.6 Å². The summed E-state index contributed by atoms with van der Waals surface area (Å²) in [6.45, 7) is 0. The minimum absolute atomic E-state index is 0.0227. The van der Waals surface area contributed by atoms with Crippen LogP contribution in [0.4, 0.5) is 13.2 Å². The zero-order chi connectivity index (χ0) is 9.19. The van der Waals surface area contributed by atoms with Gasteiger partial charge in [-0.3, -0.25) is 0 Å². The molecule has 12 heavy (non-hydrogen) atoms. The predicted molar refractivity (Wildman–Crippen MR) is 37.3 cm³/mol. The van der Waals surface area contributed by atoms with Gasteiger partial charge >= 0.3 is 6.36 Å². The Hall–Kier alpha value is -0.860. The van der Waals surface area contributed by atoms with Crippen LogP contribution in [-0.2, 0) is 4.74 Å². The van der Waals surface area contributed by atoms with Gasteiger partial charge in [0.15, 0.2) is 5.76 Å². The molecule has 0 aliphatic heterocycles. The minimum Gasteiger partial charge on any atom is -0.402 e. The molecule has 1 rings (SSSR count). The van der Waals surface area contributed by atoms with Crippen LogP contribution in [0, 0.1) is 0 Å². The first-order valence-electron chi connectivity index (χ1n) is 3.04. The highest BCUT2D eigenvalue weighted by atomic mass is 35.5. The number of hydrogen-bond acceptors (Lipinski definition) is 1. The Kier molecular flexibility index (Phi) is 2.50. The van der Waals surface area contributed by atoms with Crippen LogP contribution in [0.2, 0.25) is 0 Å². The van der Waals surface area contributed by atoms with Gasteiger partial charge in [-0.1, -0.05) is 23.4 Å². The third kappa shape index (κ3) is 3.03. The first-order valence-corrected chi connectivity index (χ1v) is 3.42. The van der Waals surface area contributed by atoms with E-state index in [1.54, 1.807) is 0 Å². The molecule has 0 radical (unpaired) electrons. The van der Waals surface area contributed by atoms with E-state index in [-0.39, 0.29) is 12.2 Å². The van der Waals surface area contributed by atoms with Crippen molar-refractivity contribution in [1.29, 1.82) is 0 Å². The quantitative estimate of drug-likeness (QED) is 0.586. The summed E-state index contributed by atoms with van der Waals surface area (Å²) in [6.07, 6.45) is -1.98. The zero-order valence-corrected chi connectivity index (χ0v) is 6.54. The van der Waals surface area contributed by atoms with Gasteiger partial charge in [-0.05, 0) is 0 Å². The van der Waals surface area contributed by atoms with Crippen molar-refractivity contribution >= 4 is 11.6 Å². The van der Waals surface area contributed by atoms with E-state index in [2.05, 4.69) is 10.5 Å². The van der Waals surface area contributed by atoms with Crippen LogP contribution in [-0.4, -0.2) is 6.36 Å². The van der Waals surface area contributed by atoms with Crippen LogP contribution in [0.25, 0.3) is 0 Å². The molecule has 0 unspecified atom stereocenters. The molecule has 0 aromatic heterocycles. The van der Waals surface area contributed by atoms with Crippen molar-refractivity contribution in [3.8, 4) is 0 Å². The van der Waals surface area contributed by atoms with E-state index >= 15 is 0 Å². The third-order valence-corrected chi connectivity index (χ3v) is 1.36. The van der Waals surface area contributed by atoms with Crippen molar-refractivity contribution in [2.75, 3.05) is 0 Å². The number of rotatable bonds is 1. The van der Waals surface area contributed by atoms with Gasteiger partial charge in [0, 0.05) is 17.5 Å². The fraction of sp³-hybridized carbons (Fsp3) is 0.286. The van der Waals surface area contributed by atoms with E-state index in [9.17, 15) is 13.2 Å². The van der Waals surface area contributed by atoms with Gasteiger partial charge in [-0.25, -0.2) is 0 Å². The smallest absolute Gasteiger partial charge is 0.402 e. The molecule has 0 atom stereocenters. The van der Waals surface area contributed by atoms with Gasteiger partial charge in [-0.15, -0.1) is 13.2 Å². The Labute approximate surface area is 71.8 Å². The normalized spacial score (nSPS) is 17.0. The van der Waals surface area contributed by atoms with Gasteiger partial charge < -0.3 is 4.74 Å². The van der Waals surface area contributed by atoms with E-state index in [0.29, 0.717) is 5.03 Å². The van der Waals surface area contributed by atoms with Gasteiger partial charge in [0.25, 0.3) is 0 Å². The summed E-state index contributed by atoms with van der Waals surface area (Å²) < 4.78 is 38.4. The van der Waals surface area contributed by atoms with E-state index in [1.165, 1.54) is 12.2 Å². The van der Waals surface area contributed by atoms with Gasteiger partial charge in [0.2, 0.25) is 0 Å². The Bertz CT molecular complexity index is 271. The second kappa shape index (κ2) is 3.25. The SMILES string of the molecule is FC(F)(F)OC1=C=CC(Cl)=CC1. The van der Waals surface area contributed by atoms with Crippen molar-refractivity contribution in [1.82, 2.24) is 0 Å². The lowest BCUT2D eigenvalue weighted by atomic mass is 10.2. The van der Waals surface area contributed by atoms with Gasteiger partial charge in [-0.2, -0.15) is 0 Å². The molecule has 5 heteroatoms. The lowest BCUT2D eigenvalue weighted by Gasteiger charge is -2.10. The van der Waals surface area contributed by atoms with Crippen molar-refractivity contribution in [2.24, 2.45) is 0 Å². The summed E-state index contributed by atoms with van der Waals surface area (Å²) in [5.41, 5.74) is 2.27. The molecule has 1 aliphatic rings. The van der Waals surface area contributed by atoms with Gasteiger partial charge in [0.05, 0.1) is 0 Å². The molecular formula is C7H4ClF3O. The second-order valence-corrected chi connectivity index (χ2v) is 2.49. The maximum absolute atomic E-state index is 11.6. The topological polar surface area (TPSA) is 9.23 Å². The molecule has 0 saturated carbocycles. The summed E-state index contributed by atoms with van der Waals surface area (Å²) in [6, 6.07) is 0. The lowest BCUT2D eigenvalue weighted by molar-refractivity contribution is -0.305. The first kappa shape index (κ1) is 9.23. The molecule has 0 amide bonds. The van der Waals surface area contributed by atoms with Crippen molar-refractivity contribution in [3.05, 3.63) is 28.7 Å². The van der Waals surface area contributed by atoms with Crippen molar-refractivity contribution < 1.29 is 17.9 Å². The Morgan fingerprint density at radius 2 is 2.17 bits per heavy atom. The van der Waals surface area contributed by atoms with Crippen LogP contribution >= 0.6 is 11.6 Å². The van der Waals surface area contributed by atoms with Crippen molar-refractivity contribution in [2.45, 2.75) is 12.8 Å². The lowest BCUT2D eigenvalue weighted by Crippen LogP contribution is -2.12. The number of alkyl halides is 3. The van der Waals surface area contributed by atoms with Crippen LogP contribution in [0.1, 0.15) is 6.42 Å². The molecule has 0 saturated heterocycles. The molecule has 0 aromatic rings. The summed E-state index contributed by atoms with van der Waals surface area (Å²) in [4.78, 5) is 0. The number of halogens is 4. The average molecular weight is 197 g/mol. The highest BCUT2D eigenvalue weighted by Gasteiger charge is 2.32. The molecule has 0 spiro atoms. The summed E-state index contributed by atoms with van der Waals surface area (Å²) in [5.74, 6) is -0.271. The molecule has 0 fully saturated rings. The van der Waals surface area contributed by atoms with E-state index < -0.39 is 6.36 Å². The molecule has 0 aromatic carbocycles. The Morgan fingerprint density at radius 3 is 2.58 bits per heavy atom. The zero-order valence-electron chi connectivity index (χ0n) is 5.78. The molecule has 0 N–H and O–H groups in total. The molecule has 0 bridgehead atoms. The number of allylic oxidation sites excluding steroid dienone is 2. The Morgan fingerprint density at radius 1 is 1.50 bits per heavy atom. The van der Waals surface area contributed by atoms with Crippen LogP contribution in [0.3, 0.4) is 0 Å². The summed E-state index contributed by atoms with van der Waals surface area (Å²) in [5, 5.41) is 0.365. The molecule has 66 valence electrons. The van der Waals surface area contributed by atoms with E-state index in [0.717, 1.165) is 0 Å². The van der Waals surface area contributed by atoms with Crippen LogP contribution in [0.5, 0.6) is 0 Å². The standard InChI is InChI=1S/C7H4ClF3O/c8-5-1-3-6(4-2-5)12-7(9,10)11/h1-2H,3H2. The first-order chi connectivity index (χ1) is 5.47. The average Bonchev–Trinajstić information content (AvgIpc) is 1.91. The van der Waals surface area contributed by atoms with Crippen LogP contribution in [0.15, 0.2) is 28.7 Å². The summed E-state index contributed by atoms with van der Waals surface area (Å²) in [7, 11) is 0. The molecule has 1 aliphatic carbocycles. The maximum atomic E-state index is 11.6. The monoisotopic (exact) mass is 196 g/mol. The minimum atomic E-state index is -4.65. The molecule has 0 heterocycles. The molecule has 1 nitrogen and oxygen atoms in total. The maximum Gasteiger partial charge on any atom is 0.573 e. The highest BCUT2D eigenvalue weighted by molar-refractivity contribution is 6.31. The Balaban J connectivity index is 2.64. The molecular weight excluding hydrogens is 193 g/mol. The van der Waals surface area contributed by atoms with Gasteiger partial charge in [0.1, 0.15) is 0 Å². The number of ether oxygens (including phenoxy) is 1. The van der Waals surface area contributed by atoms with Crippen LogP contribution < -0.4 is 0 Å². The highest BCUT2D eigenvalue weighted by Crippen LogP contribution is 2.24. The fourth-order valence-electron chi connectivity index (χ4n) is 0.668. The predicted octanol–water partition coefficient (Wildman–Crippen LogP) is 3.09. The second-order valence-electron chi connectivity index (χ2n) is 2.05. The third-order valence-electron chi connectivity index (χ3n) is 1.09. The fourth-order valence-corrected chi connectivity index (χ4v) is 0.800.